The number of ether oxygens (including phenoxy) is 3. The Bertz CT molecular complexity index is 1480. The highest BCUT2D eigenvalue weighted by atomic mass is 16.5. The van der Waals surface area contributed by atoms with Crippen LogP contribution in [-0.2, 0) is 37.1 Å². The van der Waals surface area contributed by atoms with Crippen molar-refractivity contribution in [2.75, 3.05) is 7.11 Å². The molecule has 6 heteroatoms. The number of rotatable bonds is 10. The number of carbonyl (C=O) groups is 3. The summed E-state index contributed by atoms with van der Waals surface area (Å²) in [4.78, 5) is 39.9. The average molecular weight is 629 g/mol. The highest BCUT2D eigenvalue weighted by Gasteiger charge is 2.50. The zero-order valence-electron chi connectivity index (χ0n) is 29.8. The van der Waals surface area contributed by atoms with Crippen molar-refractivity contribution in [1.29, 1.82) is 0 Å². The monoisotopic (exact) mass is 628 g/mol. The molecule has 6 nitrogen and oxygen atoms in total. The Morgan fingerprint density at radius 2 is 1.13 bits per heavy atom. The lowest BCUT2D eigenvalue weighted by molar-refractivity contribution is -0.159. The molecule has 0 aromatic heterocycles. The normalized spacial score (nSPS) is 15.7. The van der Waals surface area contributed by atoms with Crippen LogP contribution in [-0.4, -0.2) is 24.8 Å². The number of allylic oxidation sites excluding steroid dienone is 4. The third-order valence-electron chi connectivity index (χ3n) is 8.95. The first kappa shape index (κ1) is 36.5. The summed E-state index contributed by atoms with van der Waals surface area (Å²) in [6, 6.07) is 15.1. The SMILES string of the molecule is COc1ccc(/C=C/C(C)(C)C(=O)OCc2ccc(COC(=O)C(C)(C)C3(C)C=C(C(C)(C)C)C(=O)C(C(C)(C)C)=C3)cc2)cc1. The second-order valence-electron chi connectivity index (χ2n) is 15.6. The van der Waals surface area contributed by atoms with E-state index in [0.29, 0.717) is 0 Å². The predicted octanol–water partition coefficient (Wildman–Crippen LogP) is 9.08. The molecule has 0 atom stereocenters. The Balaban J connectivity index is 1.64. The van der Waals surface area contributed by atoms with Crippen LogP contribution in [0.4, 0.5) is 0 Å². The number of esters is 2. The molecule has 0 amide bonds. The Morgan fingerprint density at radius 3 is 1.54 bits per heavy atom. The van der Waals surface area contributed by atoms with Gasteiger partial charge in [0, 0.05) is 16.6 Å². The molecule has 0 radical (unpaired) electrons. The molecule has 248 valence electrons. The molecule has 1 aliphatic carbocycles. The molecular weight excluding hydrogens is 576 g/mol. The first-order valence-electron chi connectivity index (χ1n) is 15.9. The Hall–Kier alpha value is -3.93. The molecule has 0 aliphatic heterocycles. The van der Waals surface area contributed by atoms with E-state index in [-0.39, 0.29) is 41.8 Å². The molecule has 3 rings (SSSR count). The van der Waals surface area contributed by atoms with E-state index < -0.39 is 16.2 Å². The average Bonchev–Trinajstić information content (AvgIpc) is 2.98. The van der Waals surface area contributed by atoms with Gasteiger partial charge in [0.2, 0.25) is 0 Å². The van der Waals surface area contributed by atoms with Crippen molar-refractivity contribution in [3.8, 4) is 5.75 Å². The van der Waals surface area contributed by atoms with Crippen LogP contribution in [0, 0.1) is 27.1 Å². The van der Waals surface area contributed by atoms with E-state index in [9.17, 15) is 14.4 Å². The molecule has 0 heterocycles. The zero-order chi connectivity index (χ0) is 34.7. The second kappa shape index (κ2) is 13.4. The molecule has 0 saturated heterocycles. The van der Waals surface area contributed by atoms with E-state index >= 15 is 0 Å². The molecule has 2 aromatic carbocycles. The number of Topliss-reactive ketones (excluding diaryl/α,β-unsaturated/α-hetero) is 1. The van der Waals surface area contributed by atoms with Gasteiger partial charge in [-0.05, 0) is 67.3 Å². The van der Waals surface area contributed by atoms with Gasteiger partial charge in [-0.1, -0.05) is 109 Å². The van der Waals surface area contributed by atoms with Crippen LogP contribution in [0.3, 0.4) is 0 Å². The maximum atomic E-state index is 13.6. The lowest BCUT2D eigenvalue weighted by atomic mass is 9.58. The minimum absolute atomic E-state index is 0.0426. The summed E-state index contributed by atoms with van der Waals surface area (Å²) in [5.74, 6) is 0.140. The smallest absolute Gasteiger partial charge is 0.315 e. The number of benzene rings is 2. The van der Waals surface area contributed by atoms with E-state index in [1.54, 1.807) is 7.11 Å². The molecule has 0 bridgehead atoms. The van der Waals surface area contributed by atoms with Crippen LogP contribution in [0.2, 0.25) is 0 Å². The van der Waals surface area contributed by atoms with Crippen molar-refractivity contribution in [2.24, 2.45) is 27.1 Å². The van der Waals surface area contributed by atoms with E-state index in [1.165, 1.54) is 0 Å². The fourth-order valence-electron chi connectivity index (χ4n) is 5.10. The quantitative estimate of drug-likeness (QED) is 0.244. The molecule has 0 spiro atoms. The van der Waals surface area contributed by atoms with Crippen molar-refractivity contribution in [1.82, 2.24) is 0 Å². The molecule has 2 aromatic rings. The summed E-state index contributed by atoms with van der Waals surface area (Å²) in [7, 11) is 1.62. The third kappa shape index (κ3) is 8.45. The molecule has 0 N–H and O–H groups in total. The van der Waals surface area contributed by atoms with Gasteiger partial charge in [-0.15, -0.1) is 0 Å². The maximum absolute atomic E-state index is 13.6. The van der Waals surface area contributed by atoms with Crippen LogP contribution >= 0.6 is 0 Å². The van der Waals surface area contributed by atoms with Gasteiger partial charge in [0.25, 0.3) is 0 Å². The third-order valence-corrected chi connectivity index (χ3v) is 8.95. The Kier molecular flexibility index (Phi) is 10.7. The highest BCUT2D eigenvalue weighted by Crippen LogP contribution is 2.51. The minimum Gasteiger partial charge on any atom is -0.497 e. The van der Waals surface area contributed by atoms with Gasteiger partial charge in [-0.25, -0.2) is 0 Å². The number of hydrogen-bond donors (Lipinski definition) is 0. The molecule has 46 heavy (non-hydrogen) atoms. The van der Waals surface area contributed by atoms with E-state index in [4.69, 9.17) is 14.2 Å². The maximum Gasteiger partial charge on any atom is 0.315 e. The van der Waals surface area contributed by atoms with Crippen LogP contribution in [0.25, 0.3) is 6.08 Å². The van der Waals surface area contributed by atoms with Crippen molar-refractivity contribution >= 4 is 23.8 Å². The van der Waals surface area contributed by atoms with E-state index in [2.05, 4.69) is 0 Å². The predicted molar refractivity (Wildman–Crippen MR) is 184 cm³/mol. The van der Waals surface area contributed by atoms with E-state index in [1.807, 2.05) is 149 Å². The van der Waals surface area contributed by atoms with Crippen LogP contribution in [0.15, 0.2) is 77.9 Å². The molecule has 0 saturated carbocycles. The van der Waals surface area contributed by atoms with Gasteiger partial charge >= 0.3 is 11.9 Å². The Labute approximate surface area is 275 Å². The topological polar surface area (TPSA) is 78.9 Å². The van der Waals surface area contributed by atoms with E-state index in [0.717, 1.165) is 33.6 Å². The lowest BCUT2D eigenvalue weighted by Crippen LogP contribution is -2.44. The lowest BCUT2D eigenvalue weighted by Gasteiger charge is -2.44. The highest BCUT2D eigenvalue weighted by molar-refractivity contribution is 6.11. The van der Waals surface area contributed by atoms with Crippen molar-refractivity contribution in [2.45, 2.75) is 89.4 Å². The fourth-order valence-corrected chi connectivity index (χ4v) is 5.10. The first-order chi connectivity index (χ1) is 21.1. The summed E-state index contributed by atoms with van der Waals surface area (Å²) in [5.41, 5.74) is 0.827. The Morgan fingerprint density at radius 1 is 0.696 bits per heavy atom. The van der Waals surface area contributed by atoms with Crippen molar-refractivity contribution in [3.63, 3.8) is 0 Å². The largest absolute Gasteiger partial charge is 0.497 e. The number of hydrogen-bond acceptors (Lipinski definition) is 6. The number of methoxy groups -OCH3 is 1. The van der Waals surface area contributed by atoms with Gasteiger partial charge in [-0.2, -0.15) is 0 Å². The van der Waals surface area contributed by atoms with Crippen LogP contribution in [0.1, 0.15) is 92.9 Å². The standard InChI is InChI=1S/C40H52O6/c1-36(2,3)31-23-40(11,24-32(33(31)41)37(4,5)6)39(9,10)35(43)46-26-29-15-13-28(14-16-29)25-45-34(42)38(7,8)22-21-27-17-19-30(44-12)20-18-27/h13-24H,25-26H2,1-12H3/b22-21+. The summed E-state index contributed by atoms with van der Waals surface area (Å²) >= 11 is 0. The number of carbonyl (C=O) groups excluding carboxylic acids is 3. The minimum atomic E-state index is -0.941. The van der Waals surface area contributed by atoms with Crippen molar-refractivity contribution < 1.29 is 28.6 Å². The first-order valence-corrected chi connectivity index (χ1v) is 15.9. The number of ketones is 1. The molecule has 1 aliphatic rings. The van der Waals surface area contributed by atoms with Gasteiger partial charge in [0.1, 0.15) is 19.0 Å². The van der Waals surface area contributed by atoms with Crippen molar-refractivity contribution in [3.05, 3.63) is 94.6 Å². The summed E-state index contributed by atoms with van der Waals surface area (Å²) in [6.45, 7) is 21.8. The van der Waals surface area contributed by atoms with Gasteiger partial charge < -0.3 is 14.2 Å². The van der Waals surface area contributed by atoms with Crippen LogP contribution < -0.4 is 4.74 Å². The molecule has 0 fully saturated rings. The fraction of sp³-hybridized carbons (Fsp3) is 0.475. The van der Waals surface area contributed by atoms with Gasteiger partial charge in [-0.3, -0.25) is 14.4 Å². The zero-order valence-corrected chi connectivity index (χ0v) is 29.8. The van der Waals surface area contributed by atoms with Gasteiger partial charge in [0.15, 0.2) is 5.78 Å². The van der Waals surface area contributed by atoms with Crippen LogP contribution in [0.5, 0.6) is 5.75 Å². The second-order valence-corrected chi connectivity index (χ2v) is 15.6. The molecular formula is C40H52O6. The summed E-state index contributed by atoms with van der Waals surface area (Å²) in [5, 5.41) is 0. The summed E-state index contributed by atoms with van der Waals surface area (Å²) in [6.07, 6.45) is 7.67. The summed E-state index contributed by atoms with van der Waals surface area (Å²) < 4.78 is 16.7. The van der Waals surface area contributed by atoms with Gasteiger partial charge in [0.05, 0.1) is 17.9 Å². The molecule has 0 unspecified atom stereocenters.